The number of nitrogens with zero attached hydrogens (tertiary/aromatic N) is 1. The van der Waals surface area contributed by atoms with Crippen LogP contribution >= 0.6 is 0 Å². The monoisotopic (exact) mass is 195 g/mol. The highest BCUT2D eigenvalue weighted by molar-refractivity contribution is 5.94. The van der Waals surface area contributed by atoms with Crippen LogP contribution in [-0.2, 0) is 4.74 Å². The third-order valence-corrected chi connectivity index (χ3v) is 2.40. The van der Waals surface area contributed by atoms with E-state index in [-0.39, 0.29) is 5.78 Å². The van der Waals surface area contributed by atoms with Crippen molar-refractivity contribution >= 4 is 5.78 Å². The molecule has 1 aromatic rings. The number of ketones is 1. The van der Waals surface area contributed by atoms with Crippen LogP contribution in [0.3, 0.4) is 0 Å². The molecule has 0 N–H and O–H groups in total. The standard InChI is InChI=1S/C10H13NO3/c1-7-11-9(6-14-7)10(12)4-8-2-3-13-5-8/h6,8H,2-5H2,1H3. The van der Waals surface area contributed by atoms with Gasteiger partial charge < -0.3 is 9.15 Å². The molecule has 1 aliphatic rings. The molecular formula is C10H13NO3. The Bertz CT molecular complexity index is 326. The average molecular weight is 195 g/mol. The first-order valence-electron chi connectivity index (χ1n) is 4.79. The van der Waals surface area contributed by atoms with Crippen LogP contribution in [0, 0.1) is 12.8 Å². The predicted molar refractivity (Wildman–Crippen MR) is 49.1 cm³/mol. The van der Waals surface area contributed by atoms with Crippen LogP contribution < -0.4 is 0 Å². The summed E-state index contributed by atoms with van der Waals surface area (Å²) in [5, 5.41) is 0. The van der Waals surface area contributed by atoms with E-state index < -0.39 is 0 Å². The van der Waals surface area contributed by atoms with Crippen molar-refractivity contribution in [3.8, 4) is 0 Å². The lowest BCUT2D eigenvalue weighted by Gasteiger charge is -2.02. The van der Waals surface area contributed by atoms with E-state index in [1.807, 2.05) is 0 Å². The molecule has 1 unspecified atom stereocenters. The molecule has 1 atom stereocenters. The molecule has 1 aliphatic heterocycles. The molecule has 2 heterocycles. The molecule has 0 amide bonds. The number of Topliss-reactive ketones (excluding diaryl/α,β-unsaturated/α-hetero) is 1. The zero-order valence-corrected chi connectivity index (χ0v) is 8.16. The summed E-state index contributed by atoms with van der Waals surface area (Å²) in [5.41, 5.74) is 0.439. The number of carbonyl (C=O) groups is 1. The lowest BCUT2D eigenvalue weighted by molar-refractivity contribution is 0.0948. The largest absolute Gasteiger partial charge is 0.449 e. The predicted octanol–water partition coefficient (Wildman–Crippen LogP) is 1.59. The van der Waals surface area contributed by atoms with Gasteiger partial charge in [-0.3, -0.25) is 4.79 Å². The van der Waals surface area contributed by atoms with E-state index in [0.29, 0.717) is 30.5 Å². The summed E-state index contributed by atoms with van der Waals surface area (Å²) in [7, 11) is 0. The van der Waals surface area contributed by atoms with Crippen molar-refractivity contribution in [2.24, 2.45) is 5.92 Å². The minimum absolute atomic E-state index is 0.0531. The normalized spacial score (nSPS) is 21.4. The van der Waals surface area contributed by atoms with Gasteiger partial charge in [0.1, 0.15) is 12.0 Å². The smallest absolute Gasteiger partial charge is 0.191 e. The molecule has 0 aromatic carbocycles. The number of carbonyl (C=O) groups excluding carboxylic acids is 1. The van der Waals surface area contributed by atoms with E-state index in [2.05, 4.69) is 4.98 Å². The number of rotatable bonds is 3. The van der Waals surface area contributed by atoms with E-state index >= 15 is 0 Å². The quantitative estimate of drug-likeness (QED) is 0.687. The summed E-state index contributed by atoms with van der Waals surface area (Å²) in [6.07, 6.45) is 2.92. The molecule has 0 saturated carbocycles. The molecule has 0 spiro atoms. The van der Waals surface area contributed by atoms with Crippen molar-refractivity contribution in [1.82, 2.24) is 4.98 Å². The number of oxazole rings is 1. The summed E-state index contributed by atoms with van der Waals surface area (Å²) >= 11 is 0. The van der Waals surface area contributed by atoms with E-state index in [0.717, 1.165) is 13.0 Å². The lowest BCUT2D eigenvalue weighted by Crippen LogP contribution is -2.09. The van der Waals surface area contributed by atoms with Gasteiger partial charge in [0.2, 0.25) is 0 Å². The van der Waals surface area contributed by atoms with Crippen molar-refractivity contribution in [3.05, 3.63) is 17.8 Å². The molecule has 2 rings (SSSR count). The summed E-state index contributed by atoms with van der Waals surface area (Å²) < 4.78 is 10.2. The second-order valence-corrected chi connectivity index (χ2v) is 3.61. The first kappa shape index (κ1) is 9.40. The van der Waals surface area contributed by atoms with Gasteiger partial charge in [-0.1, -0.05) is 0 Å². The minimum Gasteiger partial charge on any atom is -0.449 e. The Morgan fingerprint density at radius 3 is 3.14 bits per heavy atom. The van der Waals surface area contributed by atoms with Crippen LogP contribution in [0.4, 0.5) is 0 Å². The molecule has 4 nitrogen and oxygen atoms in total. The Morgan fingerprint density at radius 2 is 2.57 bits per heavy atom. The van der Waals surface area contributed by atoms with Gasteiger partial charge in [-0.15, -0.1) is 0 Å². The van der Waals surface area contributed by atoms with Gasteiger partial charge in [-0.2, -0.15) is 0 Å². The van der Waals surface area contributed by atoms with E-state index in [1.54, 1.807) is 6.92 Å². The van der Waals surface area contributed by atoms with E-state index in [1.165, 1.54) is 6.26 Å². The highest BCUT2D eigenvalue weighted by Crippen LogP contribution is 2.18. The van der Waals surface area contributed by atoms with Gasteiger partial charge >= 0.3 is 0 Å². The van der Waals surface area contributed by atoms with Gasteiger partial charge in [0.15, 0.2) is 11.7 Å². The summed E-state index contributed by atoms with van der Waals surface area (Å²) in [4.78, 5) is 15.6. The van der Waals surface area contributed by atoms with E-state index in [4.69, 9.17) is 9.15 Å². The summed E-state index contributed by atoms with van der Waals surface area (Å²) in [6, 6.07) is 0. The van der Waals surface area contributed by atoms with Crippen molar-refractivity contribution in [1.29, 1.82) is 0 Å². The maximum absolute atomic E-state index is 11.6. The van der Waals surface area contributed by atoms with Gasteiger partial charge in [0.25, 0.3) is 0 Å². The molecule has 0 aliphatic carbocycles. The van der Waals surface area contributed by atoms with Crippen molar-refractivity contribution in [2.45, 2.75) is 19.8 Å². The summed E-state index contributed by atoms with van der Waals surface area (Å²) in [6.45, 7) is 3.20. The Morgan fingerprint density at radius 1 is 1.71 bits per heavy atom. The number of hydrogen-bond acceptors (Lipinski definition) is 4. The van der Waals surface area contributed by atoms with Crippen LogP contribution in [0.1, 0.15) is 29.2 Å². The average Bonchev–Trinajstić information content (AvgIpc) is 2.75. The lowest BCUT2D eigenvalue weighted by atomic mass is 10.0. The van der Waals surface area contributed by atoms with Crippen LogP contribution in [-0.4, -0.2) is 24.0 Å². The van der Waals surface area contributed by atoms with Gasteiger partial charge in [-0.05, 0) is 12.3 Å². The highest BCUT2D eigenvalue weighted by Gasteiger charge is 2.21. The fraction of sp³-hybridized carbons (Fsp3) is 0.600. The van der Waals surface area contributed by atoms with Crippen molar-refractivity contribution in [3.63, 3.8) is 0 Å². The maximum Gasteiger partial charge on any atom is 0.191 e. The van der Waals surface area contributed by atoms with Crippen LogP contribution in [0.2, 0.25) is 0 Å². The van der Waals surface area contributed by atoms with Crippen LogP contribution in [0.25, 0.3) is 0 Å². The molecule has 4 heteroatoms. The Hall–Kier alpha value is -1.16. The third kappa shape index (κ3) is 2.01. The first-order chi connectivity index (χ1) is 6.75. The zero-order valence-electron chi connectivity index (χ0n) is 8.16. The number of ether oxygens (including phenoxy) is 1. The molecule has 0 radical (unpaired) electrons. The molecule has 0 bridgehead atoms. The zero-order chi connectivity index (χ0) is 9.97. The fourth-order valence-corrected chi connectivity index (χ4v) is 1.60. The van der Waals surface area contributed by atoms with Crippen molar-refractivity contribution in [2.75, 3.05) is 13.2 Å². The number of hydrogen-bond donors (Lipinski definition) is 0. The fourth-order valence-electron chi connectivity index (χ4n) is 1.60. The highest BCUT2D eigenvalue weighted by atomic mass is 16.5. The van der Waals surface area contributed by atoms with Gasteiger partial charge in [0.05, 0.1) is 0 Å². The topological polar surface area (TPSA) is 52.3 Å². The first-order valence-corrected chi connectivity index (χ1v) is 4.79. The second kappa shape index (κ2) is 3.92. The molecule has 1 saturated heterocycles. The second-order valence-electron chi connectivity index (χ2n) is 3.61. The minimum atomic E-state index is 0.0531. The molecule has 1 fully saturated rings. The molecule has 1 aromatic heterocycles. The Labute approximate surface area is 82.3 Å². The number of aromatic nitrogens is 1. The number of aryl methyl sites for hydroxylation is 1. The third-order valence-electron chi connectivity index (χ3n) is 2.40. The van der Waals surface area contributed by atoms with Gasteiger partial charge in [-0.25, -0.2) is 4.98 Å². The molecule has 76 valence electrons. The molecule has 14 heavy (non-hydrogen) atoms. The Balaban J connectivity index is 1.95. The van der Waals surface area contributed by atoms with Gasteiger partial charge in [0, 0.05) is 26.6 Å². The van der Waals surface area contributed by atoms with E-state index in [9.17, 15) is 4.79 Å². The Kier molecular flexibility index (Phi) is 2.63. The molecular weight excluding hydrogens is 182 g/mol. The van der Waals surface area contributed by atoms with Crippen molar-refractivity contribution < 1.29 is 13.9 Å². The van der Waals surface area contributed by atoms with Crippen LogP contribution in [0.15, 0.2) is 10.7 Å². The summed E-state index contributed by atoms with van der Waals surface area (Å²) in [5.74, 6) is 0.952. The maximum atomic E-state index is 11.6. The SMILES string of the molecule is Cc1nc(C(=O)CC2CCOC2)co1. The van der Waals surface area contributed by atoms with Crippen LogP contribution in [0.5, 0.6) is 0 Å².